The highest BCUT2D eigenvalue weighted by Gasteiger charge is 2.35. The average Bonchev–Trinajstić information content (AvgIpc) is 2.97. The average molecular weight is 377 g/mol. The van der Waals surface area contributed by atoms with Gasteiger partial charge in [0.2, 0.25) is 11.8 Å². The van der Waals surface area contributed by atoms with E-state index in [4.69, 9.17) is 23.2 Å². The first-order chi connectivity index (χ1) is 11.9. The van der Waals surface area contributed by atoms with Crippen molar-refractivity contribution in [1.29, 1.82) is 0 Å². The van der Waals surface area contributed by atoms with Gasteiger partial charge in [-0.1, -0.05) is 53.0 Å². The number of aryl methyl sites for hydroxylation is 1. The molecule has 2 aromatic carbocycles. The lowest BCUT2D eigenvalue weighted by Gasteiger charge is -2.17. The van der Waals surface area contributed by atoms with Crippen molar-refractivity contribution >= 4 is 40.7 Å². The lowest BCUT2D eigenvalue weighted by molar-refractivity contribution is -0.126. The zero-order valence-electron chi connectivity index (χ0n) is 13.8. The molecule has 25 heavy (non-hydrogen) atoms. The third kappa shape index (κ3) is 4.14. The number of halogens is 2. The van der Waals surface area contributed by atoms with Gasteiger partial charge in [0, 0.05) is 25.2 Å². The molecule has 2 aromatic rings. The van der Waals surface area contributed by atoms with Gasteiger partial charge in [-0.25, -0.2) is 0 Å². The van der Waals surface area contributed by atoms with Crippen LogP contribution in [0.15, 0.2) is 42.5 Å². The number of nitrogens with one attached hydrogen (secondary N) is 1. The highest BCUT2D eigenvalue weighted by atomic mass is 35.5. The molecule has 1 aliphatic rings. The van der Waals surface area contributed by atoms with Crippen LogP contribution >= 0.6 is 23.2 Å². The van der Waals surface area contributed by atoms with Crippen LogP contribution in [0.4, 0.5) is 5.69 Å². The number of hydrogen-bond acceptors (Lipinski definition) is 2. The van der Waals surface area contributed by atoms with Crippen LogP contribution in [-0.4, -0.2) is 18.4 Å². The summed E-state index contributed by atoms with van der Waals surface area (Å²) in [6.07, 6.45) is 0.194. The summed E-state index contributed by atoms with van der Waals surface area (Å²) < 4.78 is 0. The van der Waals surface area contributed by atoms with Gasteiger partial charge in [0.05, 0.1) is 16.0 Å². The Morgan fingerprint density at radius 3 is 2.72 bits per heavy atom. The van der Waals surface area contributed by atoms with E-state index < -0.39 is 0 Å². The van der Waals surface area contributed by atoms with Gasteiger partial charge in [0.15, 0.2) is 0 Å². The summed E-state index contributed by atoms with van der Waals surface area (Å²) in [5, 5.41) is 3.74. The quantitative estimate of drug-likeness (QED) is 0.877. The number of rotatable bonds is 4. The fourth-order valence-electron chi connectivity index (χ4n) is 2.94. The second-order valence-corrected chi connectivity index (χ2v) is 7.03. The van der Waals surface area contributed by atoms with Gasteiger partial charge in [-0.15, -0.1) is 0 Å². The van der Waals surface area contributed by atoms with Gasteiger partial charge < -0.3 is 10.2 Å². The minimum atomic E-state index is -0.369. The molecule has 6 heteroatoms. The van der Waals surface area contributed by atoms with Crippen molar-refractivity contribution in [1.82, 2.24) is 5.32 Å². The highest BCUT2D eigenvalue weighted by Crippen LogP contribution is 2.31. The van der Waals surface area contributed by atoms with Crippen molar-refractivity contribution in [3.63, 3.8) is 0 Å². The van der Waals surface area contributed by atoms with E-state index in [1.165, 1.54) is 0 Å². The Morgan fingerprint density at radius 2 is 2.00 bits per heavy atom. The number of nitrogens with zero attached hydrogens (tertiary/aromatic N) is 1. The third-order valence-corrected chi connectivity index (χ3v) is 5.00. The molecule has 0 saturated carbocycles. The number of benzene rings is 2. The lowest BCUT2D eigenvalue weighted by Crippen LogP contribution is -2.32. The van der Waals surface area contributed by atoms with Gasteiger partial charge in [-0.3, -0.25) is 9.59 Å². The van der Waals surface area contributed by atoms with Gasteiger partial charge in [-0.2, -0.15) is 0 Å². The molecule has 1 aliphatic heterocycles. The Hall–Kier alpha value is -2.04. The van der Waals surface area contributed by atoms with Crippen molar-refractivity contribution in [3.05, 3.63) is 63.6 Å². The second-order valence-electron chi connectivity index (χ2n) is 6.21. The molecule has 1 unspecified atom stereocenters. The van der Waals surface area contributed by atoms with Crippen LogP contribution in [0.25, 0.3) is 0 Å². The normalized spacial score (nSPS) is 17.0. The second kappa shape index (κ2) is 7.46. The molecule has 1 heterocycles. The number of amides is 2. The zero-order chi connectivity index (χ0) is 18.0. The first-order valence-corrected chi connectivity index (χ1v) is 8.78. The third-order valence-electron chi connectivity index (χ3n) is 4.26. The number of anilines is 1. The molecular weight excluding hydrogens is 359 g/mol. The fourth-order valence-corrected chi connectivity index (χ4v) is 3.23. The Morgan fingerprint density at radius 1 is 1.20 bits per heavy atom. The molecule has 1 saturated heterocycles. The van der Waals surface area contributed by atoms with E-state index in [1.54, 1.807) is 23.1 Å². The van der Waals surface area contributed by atoms with E-state index in [2.05, 4.69) is 5.32 Å². The molecule has 3 rings (SSSR count). The topological polar surface area (TPSA) is 49.4 Å². The summed E-state index contributed by atoms with van der Waals surface area (Å²) >= 11 is 11.9. The summed E-state index contributed by atoms with van der Waals surface area (Å²) in [5.41, 5.74) is 2.85. The van der Waals surface area contributed by atoms with E-state index in [0.29, 0.717) is 28.8 Å². The smallest absolute Gasteiger partial charge is 0.227 e. The molecule has 0 bridgehead atoms. The number of hydrogen-bond donors (Lipinski definition) is 1. The van der Waals surface area contributed by atoms with E-state index in [1.807, 2.05) is 31.2 Å². The molecule has 130 valence electrons. The van der Waals surface area contributed by atoms with Crippen LogP contribution in [0.5, 0.6) is 0 Å². The minimum Gasteiger partial charge on any atom is -0.352 e. The van der Waals surface area contributed by atoms with Crippen LogP contribution in [0.3, 0.4) is 0 Å². The van der Waals surface area contributed by atoms with Gasteiger partial charge >= 0.3 is 0 Å². The molecular formula is C19H18Cl2N2O2. The summed E-state index contributed by atoms with van der Waals surface area (Å²) in [6.45, 7) is 2.81. The van der Waals surface area contributed by atoms with Gasteiger partial charge in [0.1, 0.15) is 0 Å². The summed E-state index contributed by atoms with van der Waals surface area (Å²) in [7, 11) is 0. The predicted molar refractivity (Wildman–Crippen MR) is 99.9 cm³/mol. The minimum absolute atomic E-state index is 0.0888. The molecule has 0 aromatic heterocycles. The number of carbonyl (C=O) groups is 2. The van der Waals surface area contributed by atoms with Crippen LogP contribution < -0.4 is 10.2 Å². The maximum atomic E-state index is 12.4. The molecule has 0 radical (unpaired) electrons. The lowest BCUT2D eigenvalue weighted by atomic mass is 10.1. The van der Waals surface area contributed by atoms with Crippen molar-refractivity contribution in [2.45, 2.75) is 19.9 Å². The SMILES string of the molecule is Cc1cccc(CNC(=O)C2CC(=O)N(c3ccc(Cl)c(Cl)c3)C2)c1. The maximum absolute atomic E-state index is 12.4. The molecule has 0 spiro atoms. The van der Waals surface area contributed by atoms with Gasteiger partial charge in [-0.05, 0) is 30.7 Å². The van der Waals surface area contributed by atoms with E-state index in [9.17, 15) is 9.59 Å². The molecule has 0 aliphatic carbocycles. The van der Waals surface area contributed by atoms with Crippen molar-refractivity contribution in [2.75, 3.05) is 11.4 Å². The molecule has 1 fully saturated rings. The van der Waals surface area contributed by atoms with Crippen molar-refractivity contribution < 1.29 is 9.59 Å². The van der Waals surface area contributed by atoms with E-state index in [0.717, 1.165) is 11.1 Å². The maximum Gasteiger partial charge on any atom is 0.227 e. The van der Waals surface area contributed by atoms with Crippen LogP contribution in [0.2, 0.25) is 10.0 Å². The van der Waals surface area contributed by atoms with Gasteiger partial charge in [0.25, 0.3) is 0 Å². The number of carbonyl (C=O) groups excluding carboxylic acids is 2. The zero-order valence-corrected chi connectivity index (χ0v) is 15.3. The molecule has 1 atom stereocenters. The van der Waals surface area contributed by atoms with E-state index >= 15 is 0 Å². The summed E-state index contributed by atoms with van der Waals surface area (Å²) in [5.74, 6) is -0.571. The Kier molecular flexibility index (Phi) is 5.30. The summed E-state index contributed by atoms with van der Waals surface area (Å²) in [4.78, 5) is 26.3. The van der Waals surface area contributed by atoms with Crippen LogP contribution in [-0.2, 0) is 16.1 Å². The van der Waals surface area contributed by atoms with Crippen LogP contribution in [0.1, 0.15) is 17.5 Å². The predicted octanol–water partition coefficient (Wildman–Crippen LogP) is 3.97. The molecule has 2 amide bonds. The monoisotopic (exact) mass is 376 g/mol. The Labute approximate surface area is 156 Å². The molecule has 4 nitrogen and oxygen atoms in total. The Balaban J connectivity index is 1.63. The van der Waals surface area contributed by atoms with E-state index in [-0.39, 0.29) is 24.2 Å². The summed E-state index contributed by atoms with van der Waals surface area (Å²) in [6, 6.07) is 13.0. The van der Waals surface area contributed by atoms with Crippen molar-refractivity contribution in [3.8, 4) is 0 Å². The largest absolute Gasteiger partial charge is 0.352 e. The molecule has 1 N–H and O–H groups in total. The first kappa shape index (κ1) is 17.8. The van der Waals surface area contributed by atoms with Crippen molar-refractivity contribution in [2.24, 2.45) is 5.92 Å². The van der Waals surface area contributed by atoms with Crippen LogP contribution in [0, 0.1) is 12.8 Å². The fraction of sp³-hybridized carbons (Fsp3) is 0.263. The first-order valence-electron chi connectivity index (χ1n) is 8.02. The Bertz CT molecular complexity index is 823. The standard InChI is InChI=1S/C19H18Cl2N2O2/c1-12-3-2-4-13(7-12)10-22-19(25)14-8-18(24)23(11-14)15-5-6-16(20)17(21)9-15/h2-7,9,14H,8,10-11H2,1H3,(H,22,25). The highest BCUT2D eigenvalue weighted by molar-refractivity contribution is 6.42.